The van der Waals surface area contributed by atoms with Crippen molar-refractivity contribution in [1.29, 1.82) is 0 Å². The van der Waals surface area contributed by atoms with Crippen LogP contribution in [0.2, 0.25) is 0 Å². The third kappa shape index (κ3) is 4.45. The van der Waals surface area contributed by atoms with Gasteiger partial charge in [0.25, 0.3) is 0 Å². The molecule has 0 fully saturated rings. The average molecular weight is 283 g/mol. The van der Waals surface area contributed by atoms with Gasteiger partial charge in [-0.15, -0.1) is 22.9 Å². The predicted molar refractivity (Wildman–Crippen MR) is 63.7 cm³/mol. The van der Waals surface area contributed by atoms with Crippen molar-refractivity contribution >= 4 is 38.9 Å². The van der Waals surface area contributed by atoms with Gasteiger partial charge in [0.15, 0.2) is 0 Å². The fourth-order valence-electron chi connectivity index (χ4n) is 0.987. The van der Waals surface area contributed by atoms with E-state index in [1.807, 2.05) is 0 Å². The van der Waals surface area contributed by atoms with Crippen LogP contribution in [0.1, 0.15) is 18.2 Å². The van der Waals surface area contributed by atoms with Gasteiger partial charge in [0, 0.05) is 33.2 Å². The van der Waals surface area contributed by atoms with Gasteiger partial charge in [-0.1, -0.05) is 0 Å². The maximum Gasteiger partial charge on any atom is 0.0302 e. The van der Waals surface area contributed by atoms with Crippen molar-refractivity contribution in [3.63, 3.8) is 0 Å². The molecule has 0 bridgehead atoms. The van der Waals surface area contributed by atoms with E-state index in [1.54, 1.807) is 11.3 Å². The van der Waals surface area contributed by atoms with Gasteiger partial charge in [0.05, 0.1) is 0 Å². The summed E-state index contributed by atoms with van der Waals surface area (Å²) in [6.07, 6.45) is 1.02. The first-order chi connectivity index (χ1) is 6.22. The zero-order valence-corrected chi connectivity index (χ0v) is 10.7. The molecule has 1 aromatic rings. The first-order valence-corrected chi connectivity index (χ1v) is 6.45. The third-order valence-electron chi connectivity index (χ3n) is 1.79. The van der Waals surface area contributed by atoms with E-state index in [0.29, 0.717) is 6.04 Å². The lowest BCUT2D eigenvalue weighted by Crippen LogP contribution is -2.25. The van der Waals surface area contributed by atoms with Crippen LogP contribution in [0.4, 0.5) is 0 Å². The number of hydrogen-bond donors (Lipinski definition) is 1. The van der Waals surface area contributed by atoms with Gasteiger partial charge in [-0.05, 0) is 35.3 Å². The first-order valence-electron chi connectivity index (χ1n) is 4.24. The van der Waals surface area contributed by atoms with Crippen molar-refractivity contribution in [3.8, 4) is 0 Å². The van der Waals surface area contributed by atoms with Crippen molar-refractivity contribution < 1.29 is 0 Å². The molecule has 0 amide bonds. The van der Waals surface area contributed by atoms with Crippen LogP contribution >= 0.6 is 38.9 Å². The Morgan fingerprint density at radius 2 is 2.46 bits per heavy atom. The molecule has 74 valence electrons. The largest absolute Gasteiger partial charge is 0.309 e. The van der Waals surface area contributed by atoms with E-state index >= 15 is 0 Å². The minimum Gasteiger partial charge on any atom is -0.309 e. The zero-order chi connectivity index (χ0) is 9.68. The molecule has 0 aliphatic carbocycles. The normalized spacial score (nSPS) is 13.2. The molecule has 0 aliphatic heterocycles. The quantitative estimate of drug-likeness (QED) is 0.814. The summed E-state index contributed by atoms with van der Waals surface area (Å²) in [6, 6.07) is 2.64. The molecule has 0 aromatic carbocycles. The number of halogens is 2. The zero-order valence-electron chi connectivity index (χ0n) is 7.52. The number of hydrogen-bond acceptors (Lipinski definition) is 2. The van der Waals surface area contributed by atoms with Gasteiger partial charge in [-0.2, -0.15) is 0 Å². The second kappa shape index (κ2) is 6.02. The first kappa shape index (κ1) is 11.5. The molecule has 1 heterocycles. The highest BCUT2D eigenvalue weighted by Crippen LogP contribution is 2.19. The smallest absolute Gasteiger partial charge is 0.0302 e. The predicted octanol–water partition coefficient (Wildman–Crippen LogP) is 3.62. The summed E-state index contributed by atoms with van der Waals surface area (Å²) >= 11 is 10.8. The number of thiophene rings is 1. The fourth-order valence-corrected chi connectivity index (χ4v) is 2.72. The molecular formula is C9H13BrClNS. The summed E-state index contributed by atoms with van der Waals surface area (Å²) in [7, 11) is 0. The fraction of sp³-hybridized carbons (Fsp3) is 0.556. The van der Waals surface area contributed by atoms with E-state index in [2.05, 4.69) is 39.6 Å². The Labute approximate surface area is 96.6 Å². The molecule has 0 spiro atoms. The second-order valence-corrected chi connectivity index (χ2v) is 5.28. The van der Waals surface area contributed by atoms with Crippen molar-refractivity contribution in [2.75, 3.05) is 5.88 Å². The third-order valence-corrected chi connectivity index (χ3v) is 3.70. The van der Waals surface area contributed by atoms with Crippen molar-refractivity contribution in [1.82, 2.24) is 5.32 Å². The van der Waals surface area contributed by atoms with Crippen molar-refractivity contribution in [2.45, 2.75) is 25.9 Å². The van der Waals surface area contributed by atoms with Crippen LogP contribution in [-0.2, 0) is 6.54 Å². The molecule has 1 nitrogen and oxygen atoms in total. The topological polar surface area (TPSA) is 12.0 Å². The minimum atomic E-state index is 0.498. The molecule has 0 saturated carbocycles. The van der Waals surface area contributed by atoms with Crippen LogP contribution in [0, 0.1) is 0 Å². The summed E-state index contributed by atoms with van der Waals surface area (Å²) < 4.78 is 1.17. The summed E-state index contributed by atoms with van der Waals surface area (Å²) in [5, 5.41) is 5.52. The molecule has 1 rings (SSSR count). The highest BCUT2D eigenvalue weighted by Gasteiger charge is 2.01. The van der Waals surface area contributed by atoms with E-state index in [9.17, 15) is 0 Å². The van der Waals surface area contributed by atoms with Crippen molar-refractivity contribution in [2.24, 2.45) is 0 Å². The van der Waals surface area contributed by atoms with Gasteiger partial charge in [0.2, 0.25) is 0 Å². The Bertz CT molecular complexity index is 252. The van der Waals surface area contributed by atoms with E-state index in [1.165, 1.54) is 9.35 Å². The lowest BCUT2D eigenvalue weighted by molar-refractivity contribution is 0.539. The molecule has 13 heavy (non-hydrogen) atoms. The maximum atomic E-state index is 5.64. The Hall–Kier alpha value is 0.430. The highest BCUT2D eigenvalue weighted by molar-refractivity contribution is 9.10. The van der Waals surface area contributed by atoms with Gasteiger partial charge in [-0.3, -0.25) is 0 Å². The van der Waals surface area contributed by atoms with E-state index < -0.39 is 0 Å². The molecule has 1 aromatic heterocycles. The number of rotatable bonds is 5. The summed E-state index contributed by atoms with van der Waals surface area (Å²) in [5.41, 5.74) is 0. The van der Waals surface area contributed by atoms with Crippen molar-refractivity contribution in [3.05, 3.63) is 20.8 Å². The van der Waals surface area contributed by atoms with Crippen LogP contribution in [-0.4, -0.2) is 11.9 Å². The molecular weight excluding hydrogens is 270 g/mol. The van der Waals surface area contributed by atoms with Gasteiger partial charge in [0.1, 0.15) is 0 Å². The van der Waals surface area contributed by atoms with E-state index in [0.717, 1.165) is 18.8 Å². The lowest BCUT2D eigenvalue weighted by Gasteiger charge is -2.10. The molecule has 0 radical (unpaired) electrons. The molecule has 1 unspecified atom stereocenters. The lowest BCUT2D eigenvalue weighted by atomic mass is 10.2. The van der Waals surface area contributed by atoms with Crippen LogP contribution in [0.5, 0.6) is 0 Å². The Balaban J connectivity index is 2.26. The van der Waals surface area contributed by atoms with Gasteiger partial charge >= 0.3 is 0 Å². The average Bonchev–Trinajstić information content (AvgIpc) is 2.49. The standard InChI is InChI=1S/C9H13BrClNS/c1-7(2-3-11)12-5-9-4-8(10)6-13-9/h4,6-7,12H,2-3,5H2,1H3. The Morgan fingerprint density at radius 3 is 3.00 bits per heavy atom. The van der Waals surface area contributed by atoms with Gasteiger partial charge < -0.3 is 5.32 Å². The maximum absolute atomic E-state index is 5.64. The summed E-state index contributed by atoms with van der Waals surface area (Å²) in [6.45, 7) is 3.10. The highest BCUT2D eigenvalue weighted by atomic mass is 79.9. The van der Waals surface area contributed by atoms with E-state index in [-0.39, 0.29) is 0 Å². The summed E-state index contributed by atoms with van der Waals surface area (Å²) in [4.78, 5) is 1.35. The monoisotopic (exact) mass is 281 g/mol. The molecule has 1 atom stereocenters. The number of nitrogens with one attached hydrogen (secondary N) is 1. The second-order valence-electron chi connectivity index (χ2n) is 2.99. The molecule has 0 aliphatic rings. The van der Waals surface area contributed by atoms with Crippen LogP contribution in [0.25, 0.3) is 0 Å². The molecule has 0 saturated heterocycles. The number of alkyl halides is 1. The SMILES string of the molecule is CC(CCCl)NCc1cc(Br)cs1. The molecule has 4 heteroatoms. The van der Waals surface area contributed by atoms with E-state index in [4.69, 9.17) is 11.6 Å². The van der Waals surface area contributed by atoms with Crippen LogP contribution in [0.3, 0.4) is 0 Å². The van der Waals surface area contributed by atoms with Gasteiger partial charge in [-0.25, -0.2) is 0 Å². The Kier molecular flexibility index (Phi) is 5.32. The Morgan fingerprint density at radius 1 is 1.69 bits per heavy atom. The summed E-state index contributed by atoms with van der Waals surface area (Å²) in [5.74, 6) is 0.725. The minimum absolute atomic E-state index is 0.498. The van der Waals surface area contributed by atoms with Crippen LogP contribution in [0.15, 0.2) is 15.9 Å². The van der Waals surface area contributed by atoms with Crippen LogP contribution < -0.4 is 5.32 Å². The molecule has 1 N–H and O–H groups in total.